The topological polar surface area (TPSA) is 108 Å². The van der Waals surface area contributed by atoms with E-state index < -0.39 is 17.9 Å². The van der Waals surface area contributed by atoms with Crippen LogP contribution in [0.1, 0.15) is 40.6 Å². The molecule has 1 saturated carbocycles. The first-order valence-electron chi connectivity index (χ1n) is 6.28. The van der Waals surface area contributed by atoms with Crippen molar-refractivity contribution >= 4 is 17.8 Å². The van der Waals surface area contributed by atoms with Gasteiger partial charge in [-0.25, -0.2) is 4.79 Å². The number of amides is 2. The Hall–Kier alpha value is -2.44. The minimum absolute atomic E-state index is 0.000995. The molecule has 0 spiro atoms. The molecule has 0 bridgehead atoms. The van der Waals surface area contributed by atoms with Crippen molar-refractivity contribution in [1.29, 1.82) is 0 Å². The third-order valence-corrected chi connectivity index (χ3v) is 2.91. The van der Waals surface area contributed by atoms with Crippen LogP contribution in [0.4, 0.5) is 0 Å². The summed E-state index contributed by atoms with van der Waals surface area (Å²) in [5.74, 6) is -1.86. The normalized spacial score (nSPS) is 15.2. The highest BCUT2D eigenvalue weighted by Crippen LogP contribution is 2.18. The van der Waals surface area contributed by atoms with Crippen molar-refractivity contribution in [2.75, 3.05) is 0 Å². The predicted molar refractivity (Wildman–Crippen MR) is 69.3 cm³/mol. The van der Waals surface area contributed by atoms with Gasteiger partial charge in [-0.3, -0.25) is 14.6 Å². The van der Waals surface area contributed by atoms with Gasteiger partial charge in [0.15, 0.2) is 0 Å². The van der Waals surface area contributed by atoms with Crippen molar-refractivity contribution in [2.45, 2.75) is 31.8 Å². The van der Waals surface area contributed by atoms with Crippen molar-refractivity contribution in [3.05, 3.63) is 29.6 Å². The van der Waals surface area contributed by atoms with Crippen molar-refractivity contribution in [3.8, 4) is 0 Å². The summed E-state index contributed by atoms with van der Waals surface area (Å²) in [5, 5.41) is 14.0. The SMILES string of the molecule is CC(NC(=O)c1ccc(C(=O)O)cn1)C(=O)NC1CC1. The van der Waals surface area contributed by atoms with Gasteiger partial charge in [0.1, 0.15) is 11.7 Å². The Bertz CT molecular complexity index is 537. The van der Waals surface area contributed by atoms with E-state index in [0.29, 0.717) is 0 Å². The van der Waals surface area contributed by atoms with Crippen LogP contribution in [0.15, 0.2) is 18.3 Å². The Labute approximate surface area is 115 Å². The number of carbonyl (C=O) groups excluding carboxylic acids is 2. The first-order chi connectivity index (χ1) is 9.47. The van der Waals surface area contributed by atoms with E-state index in [2.05, 4.69) is 15.6 Å². The number of aromatic nitrogens is 1. The van der Waals surface area contributed by atoms with Gasteiger partial charge in [-0.2, -0.15) is 0 Å². The fraction of sp³-hybridized carbons (Fsp3) is 0.385. The van der Waals surface area contributed by atoms with Gasteiger partial charge >= 0.3 is 5.97 Å². The molecular weight excluding hydrogens is 262 g/mol. The van der Waals surface area contributed by atoms with Crippen LogP contribution < -0.4 is 10.6 Å². The molecule has 7 heteroatoms. The molecule has 1 fully saturated rings. The highest BCUT2D eigenvalue weighted by atomic mass is 16.4. The zero-order valence-electron chi connectivity index (χ0n) is 10.9. The van der Waals surface area contributed by atoms with Gasteiger partial charge in [0, 0.05) is 12.2 Å². The number of carboxylic acids is 1. The monoisotopic (exact) mass is 277 g/mol. The van der Waals surface area contributed by atoms with Crippen molar-refractivity contribution in [1.82, 2.24) is 15.6 Å². The molecule has 1 aliphatic carbocycles. The molecule has 20 heavy (non-hydrogen) atoms. The predicted octanol–water partition coefficient (Wildman–Crippen LogP) is 0.177. The summed E-state index contributed by atoms with van der Waals surface area (Å²) in [6.45, 7) is 1.58. The average Bonchev–Trinajstić information content (AvgIpc) is 3.22. The molecule has 2 rings (SSSR count). The second-order valence-corrected chi connectivity index (χ2v) is 4.72. The number of hydrogen-bond donors (Lipinski definition) is 3. The van der Waals surface area contributed by atoms with E-state index in [-0.39, 0.29) is 23.2 Å². The number of hydrogen-bond acceptors (Lipinski definition) is 4. The summed E-state index contributed by atoms with van der Waals surface area (Å²) in [6.07, 6.45) is 3.06. The Morgan fingerprint density at radius 1 is 1.35 bits per heavy atom. The maximum atomic E-state index is 11.8. The lowest BCUT2D eigenvalue weighted by molar-refractivity contribution is -0.122. The number of rotatable bonds is 5. The number of nitrogens with zero attached hydrogens (tertiary/aromatic N) is 1. The summed E-state index contributed by atoms with van der Waals surface area (Å²) < 4.78 is 0. The van der Waals surface area contributed by atoms with Gasteiger partial charge < -0.3 is 15.7 Å². The van der Waals surface area contributed by atoms with Crippen LogP contribution in [0, 0.1) is 0 Å². The summed E-state index contributed by atoms with van der Waals surface area (Å²) in [4.78, 5) is 37.9. The lowest BCUT2D eigenvalue weighted by Gasteiger charge is -2.13. The molecule has 1 aliphatic rings. The van der Waals surface area contributed by atoms with Crippen LogP contribution in [0.25, 0.3) is 0 Å². The smallest absolute Gasteiger partial charge is 0.337 e. The highest BCUT2D eigenvalue weighted by molar-refractivity contribution is 5.96. The van der Waals surface area contributed by atoms with Crippen molar-refractivity contribution < 1.29 is 19.5 Å². The number of aromatic carboxylic acids is 1. The van der Waals surface area contributed by atoms with E-state index in [1.54, 1.807) is 6.92 Å². The Morgan fingerprint density at radius 3 is 2.55 bits per heavy atom. The van der Waals surface area contributed by atoms with E-state index in [1.807, 2.05) is 0 Å². The van der Waals surface area contributed by atoms with Crippen LogP contribution >= 0.6 is 0 Å². The summed E-state index contributed by atoms with van der Waals surface area (Å²) >= 11 is 0. The van der Waals surface area contributed by atoms with Crippen LogP contribution in [0.2, 0.25) is 0 Å². The average molecular weight is 277 g/mol. The molecule has 1 atom stereocenters. The number of carboxylic acid groups (broad SMARTS) is 1. The van der Waals surface area contributed by atoms with Gasteiger partial charge in [0.25, 0.3) is 5.91 Å². The first kappa shape index (κ1) is 14.0. The van der Waals surface area contributed by atoms with E-state index in [4.69, 9.17) is 5.11 Å². The van der Waals surface area contributed by atoms with E-state index >= 15 is 0 Å². The molecule has 0 saturated heterocycles. The second-order valence-electron chi connectivity index (χ2n) is 4.72. The number of carbonyl (C=O) groups is 3. The maximum absolute atomic E-state index is 11.8. The molecule has 7 nitrogen and oxygen atoms in total. The van der Waals surface area contributed by atoms with Crippen LogP contribution in [0.5, 0.6) is 0 Å². The molecule has 0 aliphatic heterocycles. The largest absolute Gasteiger partial charge is 0.478 e. The number of nitrogens with one attached hydrogen (secondary N) is 2. The molecule has 1 heterocycles. The van der Waals surface area contributed by atoms with E-state index in [9.17, 15) is 14.4 Å². The molecular formula is C13H15N3O4. The van der Waals surface area contributed by atoms with Crippen molar-refractivity contribution in [3.63, 3.8) is 0 Å². The Balaban J connectivity index is 1.92. The minimum Gasteiger partial charge on any atom is -0.478 e. The van der Waals surface area contributed by atoms with E-state index in [0.717, 1.165) is 19.0 Å². The third kappa shape index (κ3) is 3.53. The standard InChI is InChI=1S/C13H15N3O4/c1-7(11(17)16-9-3-4-9)15-12(18)10-5-2-8(6-14-10)13(19)20/h2,5-7,9H,3-4H2,1H3,(H,15,18)(H,16,17)(H,19,20). The van der Waals surface area contributed by atoms with E-state index in [1.165, 1.54) is 12.1 Å². The van der Waals surface area contributed by atoms with Gasteiger partial charge in [-0.15, -0.1) is 0 Å². The molecule has 3 N–H and O–H groups in total. The summed E-state index contributed by atoms with van der Waals surface area (Å²) in [7, 11) is 0. The van der Waals surface area contributed by atoms with Gasteiger partial charge in [-0.1, -0.05) is 0 Å². The van der Waals surface area contributed by atoms with Crippen LogP contribution in [-0.4, -0.2) is 40.0 Å². The van der Waals surface area contributed by atoms with Crippen molar-refractivity contribution in [2.24, 2.45) is 0 Å². The second kappa shape index (κ2) is 5.68. The lowest BCUT2D eigenvalue weighted by atomic mass is 10.2. The third-order valence-electron chi connectivity index (χ3n) is 2.91. The fourth-order valence-corrected chi connectivity index (χ4v) is 1.54. The maximum Gasteiger partial charge on any atom is 0.337 e. The molecule has 0 radical (unpaired) electrons. The molecule has 0 aromatic carbocycles. The Morgan fingerprint density at radius 2 is 2.05 bits per heavy atom. The molecule has 106 valence electrons. The molecule has 1 aromatic heterocycles. The Kier molecular flexibility index (Phi) is 3.97. The summed E-state index contributed by atoms with van der Waals surface area (Å²) in [5.41, 5.74) is 0.0714. The number of pyridine rings is 1. The van der Waals surface area contributed by atoms with Crippen LogP contribution in [0.3, 0.4) is 0 Å². The molecule has 2 amide bonds. The highest BCUT2D eigenvalue weighted by Gasteiger charge is 2.26. The zero-order chi connectivity index (χ0) is 14.7. The molecule has 1 unspecified atom stereocenters. The van der Waals surface area contributed by atoms with Gasteiger partial charge in [0.05, 0.1) is 5.56 Å². The quantitative estimate of drug-likeness (QED) is 0.711. The fourth-order valence-electron chi connectivity index (χ4n) is 1.54. The first-order valence-corrected chi connectivity index (χ1v) is 6.28. The van der Waals surface area contributed by atoms with Gasteiger partial charge in [-0.05, 0) is 31.9 Å². The minimum atomic E-state index is -1.11. The zero-order valence-corrected chi connectivity index (χ0v) is 10.9. The lowest BCUT2D eigenvalue weighted by Crippen LogP contribution is -2.45. The molecule has 1 aromatic rings. The van der Waals surface area contributed by atoms with Gasteiger partial charge in [0.2, 0.25) is 5.91 Å². The summed E-state index contributed by atoms with van der Waals surface area (Å²) in [6, 6.07) is 2.17. The van der Waals surface area contributed by atoms with Crippen LogP contribution in [-0.2, 0) is 4.79 Å².